The summed E-state index contributed by atoms with van der Waals surface area (Å²) in [4.78, 5) is 25.6. The molecule has 0 unspecified atom stereocenters. The van der Waals surface area contributed by atoms with Crippen LogP contribution in [0.25, 0.3) is 0 Å². The van der Waals surface area contributed by atoms with Gasteiger partial charge in [-0.15, -0.1) is 0 Å². The maximum Gasteiger partial charge on any atom is 0.223 e. The van der Waals surface area contributed by atoms with E-state index in [9.17, 15) is 9.59 Å². The predicted molar refractivity (Wildman–Crippen MR) is 70.2 cm³/mol. The van der Waals surface area contributed by atoms with Crippen molar-refractivity contribution >= 4 is 11.7 Å². The van der Waals surface area contributed by atoms with Crippen LogP contribution in [-0.2, 0) is 16.0 Å². The Hall–Kier alpha value is -1.64. The fourth-order valence-corrected chi connectivity index (χ4v) is 2.42. The van der Waals surface area contributed by atoms with Crippen molar-refractivity contribution < 1.29 is 9.59 Å². The molecule has 1 fully saturated rings. The van der Waals surface area contributed by atoms with Gasteiger partial charge in [-0.1, -0.05) is 30.3 Å². The Balaban J connectivity index is 1.95. The molecule has 0 aromatic heterocycles. The van der Waals surface area contributed by atoms with Gasteiger partial charge in [0.25, 0.3) is 0 Å². The summed E-state index contributed by atoms with van der Waals surface area (Å²) < 4.78 is 0. The van der Waals surface area contributed by atoms with Crippen molar-refractivity contribution in [2.45, 2.75) is 38.6 Å². The molecule has 18 heavy (non-hydrogen) atoms. The molecule has 0 radical (unpaired) electrons. The van der Waals surface area contributed by atoms with Crippen LogP contribution >= 0.6 is 0 Å². The van der Waals surface area contributed by atoms with E-state index in [1.807, 2.05) is 44.2 Å². The van der Waals surface area contributed by atoms with E-state index in [0.29, 0.717) is 19.4 Å². The number of likely N-dealkylation sites (tertiary alicyclic amines) is 1. The van der Waals surface area contributed by atoms with E-state index >= 15 is 0 Å². The molecule has 1 aliphatic rings. The molecule has 3 nitrogen and oxygen atoms in total. The normalized spacial score (nSPS) is 18.1. The largest absolute Gasteiger partial charge is 0.330 e. The Labute approximate surface area is 108 Å². The Morgan fingerprint density at radius 1 is 1.28 bits per heavy atom. The molecule has 1 heterocycles. The van der Waals surface area contributed by atoms with E-state index in [1.54, 1.807) is 4.90 Å². The van der Waals surface area contributed by atoms with Gasteiger partial charge < -0.3 is 4.90 Å². The smallest absolute Gasteiger partial charge is 0.223 e. The summed E-state index contributed by atoms with van der Waals surface area (Å²) in [6, 6.07) is 9.96. The summed E-state index contributed by atoms with van der Waals surface area (Å²) in [6.07, 6.45) is 1.70. The summed E-state index contributed by atoms with van der Waals surface area (Å²) in [5, 5.41) is 0. The highest BCUT2D eigenvalue weighted by Gasteiger charge is 2.42. The van der Waals surface area contributed by atoms with E-state index in [4.69, 9.17) is 0 Å². The molecule has 1 aromatic rings. The van der Waals surface area contributed by atoms with Gasteiger partial charge in [0.15, 0.2) is 5.78 Å². The molecular weight excluding hydrogens is 226 g/mol. The van der Waals surface area contributed by atoms with Crippen molar-refractivity contribution in [3.63, 3.8) is 0 Å². The summed E-state index contributed by atoms with van der Waals surface area (Å²) in [5.74, 6) is 0.241. The zero-order valence-electron chi connectivity index (χ0n) is 11.0. The van der Waals surface area contributed by atoms with Gasteiger partial charge in [-0.05, 0) is 25.8 Å². The lowest BCUT2D eigenvalue weighted by Gasteiger charge is -2.30. The molecule has 3 heteroatoms. The molecule has 0 atom stereocenters. The van der Waals surface area contributed by atoms with Crippen LogP contribution in [0, 0.1) is 0 Å². The predicted octanol–water partition coefficient (Wildman–Crippen LogP) is 2.20. The fourth-order valence-electron chi connectivity index (χ4n) is 2.42. The van der Waals surface area contributed by atoms with E-state index in [2.05, 4.69) is 0 Å². The number of amides is 1. The minimum absolute atomic E-state index is 0.0784. The number of Topliss-reactive ketones (excluding diaryl/α,β-unsaturated/α-hetero) is 1. The average molecular weight is 245 g/mol. The minimum Gasteiger partial charge on any atom is -0.330 e. The first-order chi connectivity index (χ1) is 8.51. The van der Waals surface area contributed by atoms with Gasteiger partial charge in [0.2, 0.25) is 5.91 Å². The molecule has 1 amide bonds. The van der Waals surface area contributed by atoms with Crippen LogP contribution < -0.4 is 0 Å². The van der Waals surface area contributed by atoms with E-state index in [-0.39, 0.29) is 11.7 Å². The van der Waals surface area contributed by atoms with Crippen molar-refractivity contribution in [2.75, 3.05) is 6.54 Å². The monoisotopic (exact) mass is 245 g/mol. The highest BCUT2D eigenvalue weighted by Crippen LogP contribution is 2.25. The van der Waals surface area contributed by atoms with Gasteiger partial charge in [-0.2, -0.15) is 0 Å². The number of hydrogen-bond acceptors (Lipinski definition) is 2. The number of ketones is 1. The van der Waals surface area contributed by atoms with Gasteiger partial charge in [-0.25, -0.2) is 0 Å². The van der Waals surface area contributed by atoms with Gasteiger partial charge in [0.1, 0.15) is 0 Å². The van der Waals surface area contributed by atoms with E-state index in [0.717, 1.165) is 12.0 Å². The molecule has 1 aromatic carbocycles. The van der Waals surface area contributed by atoms with E-state index in [1.165, 1.54) is 0 Å². The lowest BCUT2D eigenvalue weighted by Crippen LogP contribution is -2.46. The summed E-state index contributed by atoms with van der Waals surface area (Å²) in [5.41, 5.74) is 0.544. The van der Waals surface area contributed by atoms with Crippen molar-refractivity contribution in [3.05, 3.63) is 35.9 Å². The van der Waals surface area contributed by atoms with Crippen molar-refractivity contribution in [1.29, 1.82) is 0 Å². The minimum atomic E-state index is -0.617. The SMILES string of the molecule is CC1(C)C(=O)CCN1C(=O)CCc1ccccc1. The van der Waals surface area contributed by atoms with Gasteiger partial charge in [0, 0.05) is 19.4 Å². The maximum absolute atomic E-state index is 12.2. The fraction of sp³-hybridized carbons (Fsp3) is 0.467. The molecule has 2 rings (SSSR count). The summed E-state index contributed by atoms with van der Waals surface area (Å²) >= 11 is 0. The Morgan fingerprint density at radius 3 is 2.50 bits per heavy atom. The first kappa shape index (κ1) is 12.8. The van der Waals surface area contributed by atoms with Gasteiger partial charge in [0.05, 0.1) is 5.54 Å². The number of hydrogen-bond donors (Lipinski definition) is 0. The lowest BCUT2D eigenvalue weighted by molar-refractivity contribution is -0.138. The van der Waals surface area contributed by atoms with Crippen molar-refractivity contribution in [1.82, 2.24) is 4.90 Å². The topological polar surface area (TPSA) is 37.4 Å². The molecule has 0 aliphatic carbocycles. The molecular formula is C15H19NO2. The summed E-state index contributed by atoms with van der Waals surface area (Å²) in [6.45, 7) is 4.24. The van der Waals surface area contributed by atoms with E-state index < -0.39 is 5.54 Å². The van der Waals surface area contributed by atoms with Crippen molar-refractivity contribution in [2.24, 2.45) is 0 Å². The number of aryl methyl sites for hydroxylation is 1. The Bertz CT molecular complexity index is 451. The van der Waals surface area contributed by atoms with Crippen LogP contribution in [-0.4, -0.2) is 28.7 Å². The third-order valence-electron chi connectivity index (χ3n) is 3.69. The standard InChI is InChI=1S/C15H19NO2/c1-15(2)13(17)10-11-16(15)14(18)9-8-12-6-4-3-5-7-12/h3-7H,8-11H2,1-2H3. The van der Waals surface area contributed by atoms with Gasteiger partial charge >= 0.3 is 0 Å². The average Bonchev–Trinajstić information content (AvgIpc) is 2.63. The first-order valence-corrected chi connectivity index (χ1v) is 6.39. The number of benzene rings is 1. The summed E-state index contributed by atoms with van der Waals surface area (Å²) in [7, 11) is 0. The molecule has 1 saturated heterocycles. The molecule has 1 aliphatic heterocycles. The van der Waals surface area contributed by atoms with Crippen LogP contribution in [0.2, 0.25) is 0 Å². The number of carbonyl (C=O) groups is 2. The Morgan fingerprint density at radius 2 is 1.94 bits per heavy atom. The third kappa shape index (κ3) is 2.45. The van der Waals surface area contributed by atoms with Crippen LogP contribution in [0.4, 0.5) is 0 Å². The van der Waals surface area contributed by atoms with Crippen LogP contribution in [0.15, 0.2) is 30.3 Å². The number of rotatable bonds is 3. The van der Waals surface area contributed by atoms with Crippen LogP contribution in [0.3, 0.4) is 0 Å². The number of carbonyl (C=O) groups excluding carboxylic acids is 2. The highest BCUT2D eigenvalue weighted by atomic mass is 16.2. The molecule has 0 saturated carbocycles. The zero-order chi connectivity index (χ0) is 13.2. The number of nitrogens with zero attached hydrogens (tertiary/aromatic N) is 1. The molecule has 0 N–H and O–H groups in total. The second-order valence-electron chi connectivity index (χ2n) is 5.26. The zero-order valence-corrected chi connectivity index (χ0v) is 11.0. The maximum atomic E-state index is 12.2. The highest BCUT2D eigenvalue weighted by molar-refractivity contribution is 5.95. The van der Waals surface area contributed by atoms with Gasteiger partial charge in [-0.3, -0.25) is 9.59 Å². The molecule has 96 valence electrons. The second kappa shape index (κ2) is 4.92. The van der Waals surface area contributed by atoms with Crippen LogP contribution in [0.1, 0.15) is 32.3 Å². The second-order valence-corrected chi connectivity index (χ2v) is 5.26. The lowest BCUT2D eigenvalue weighted by atomic mass is 10.00. The molecule has 0 spiro atoms. The third-order valence-corrected chi connectivity index (χ3v) is 3.69. The first-order valence-electron chi connectivity index (χ1n) is 6.39. The quantitative estimate of drug-likeness (QED) is 0.818. The van der Waals surface area contributed by atoms with Crippen molar-refractivity contribution in [3.8, 4) is 0 Å². The Kier molecular flexibility index (Phi) is 3.50. The molecule has 0 bridgehead atoms. The van der Waals surface area contributed by atoms with Crippen LogP contribution in [0.5, 0.6) is 0 Å².